The van der Waals surface area contributed by atoms with Crippen molar-refractivity contribution in [1.29, 1.82) is 0 Å². The number of ether oxygens (including phenoxy) is 1. The summed E-state index contributed by atoms with van der Waals surface area (Å²) in [6.45, 7) is 2.04. The Hall–Kier alpha value is -3.00. The third-order valence-corrected chi connectivity index (χ3v) is 4.53. The molecule has 0 aromatic heterocycles. The van der Waals surface area contributed by atoms with Gasteiger partial charge in [-0.2, -0.15) is 0 Å². The highest BCUT2D eigenvalue weighted by Crippen LogP contribution is 2.19. The van der Waals surface area contributed by atoms with Gasteiger partial charge in [-0.05, 0) is 36.4 Å². The molecule has 28 heavy (non-hydrogen) atoms. The highest BCUT2D eigenvalue weighted by Gasteiger charge is 2.24. The number of methoxy groups -OCH3 is 1. The van der Waals surface area contributed by atoms with Gasteiger partial charge < -0.3 is 15.0 Å². The summed E-state index contributed by atoms with van der Waals surface area (Å²) in [6.07, 6.45) is 0. The Morgan fingerprint density at radius 1 is 1.07 bits per heavy atom. The zero-order valence-corrected chi connectivity index (χ0v) is 15.5. The number of halogens is 2. The van der Waals surface area contributed by atoms with Crippen LogP contribution in [0.2, 0.25) is 0 Å². The molecule has 1 heterocycles. The van der Waals surface area contributed by atoms with Crippen molar-refractivity contribution >= 4 is 17.5 Å². The molecule has 2 aromatic carbocycles. The van der Waals surface area contributed by atoms with E-state index in [1.54, 1.807) is 11.0 Å². The van der Waals surface area contributed by atoms with E-state index in [0.29, 0.717) is 31.9 Å². The minimum absolute atomic E-state index is 0.0886. The number of carbonyl (C=O) groups excluding carboxylic acids is 2. The maximum Gasteiger partial charge on any atom is 0.254 e. The second-order valence-electron chi connectivity index (χ2n) is 6.48. The molecule has 0 radical (unpaired) electrons. The Morgan fingerprint density at radius 3 is 2.46 bits per heavy atom. The van der Waals surface area contributed by atoms with Crippen molar-refractivity contribution in [1.82, 2.24) is 9.80 Å². The number of amides is 2. The number of nitrogens with one attached hydrogen (secondary N) is 1. The SMILES string of the molecule is COc1ccc(C(=O)N2CCN(CC(=O)Nc3cccc(F)c3)CC2)cc1F. The standard InChI is InChI=1S/C20H21F2N3O3/c1-28-18-6-5-14(11-17(18)22)20(27)25-9-7-24(8-10-25)13-19(26)23-16-4-2-3-15(21)12-16/h2-6,11-12H,7-10,13H2,1H3,(H,23,26). The van der Waals surface area contributed by atoms with Crippen LogP contribution in [0.5, 0.6) is 5.75 Å². The summed E-state index contributed by atoms with van der Waals surface area (Å²) in [6, 6.07) is 9.82. The number of rotatable bonds is 5. The number of benzene rings is 2. The van der Waals surface area contributed by atoms with Crippen LogP contribution in [0.4, 0.5) is 14.5 Å². The quantitative estimate of drug-likeness (QED) is 0.853. The minimum atomic E-state index is -0.582. The maximum absolute atomic E-state index is 13.8. The van der Waals surface area contributed by atoms with Gasteiger partial charge in [0.1, 0.15) is 5.82 Å². The highest BCUT2D eigenvalue weighted by molar-refractivity contribution is 5.94. The number of nitrogens with zero attached hydrogens (tertiary/aromatic N) is 2. The van der Waals surface area contributed by atoms with Gasteiger partial charge in [-0.25, -0.2) is 8.78 Å². The van der Waals surface area contributed by atoms with E-state index in [2.05, 4.69) is 5.32 Å². The van der Waals surface area contributed by atoms with Crippen LogP contribution in [0.25, 0.3) is 0 Å². The molecule has 0 unspecified atom stereocenters. The molecule has 6 nitrogen and oxygen atoms in total. The third kappa shape index (κ3) is 4.83. The maximum atomic E-state index is 13.8. The fourth-order valence-electron chi connectivity index (χ4n) is 3.06. The predicted octanol–water partition coefficient (Wildman–Crippen LogP) is 2.37. The third-order valence-electron chi connectivity index (χ3n) is 4.53. The van der Waals surface area contributed by atoms with Gasteiger partial charge >= 0.3 is 0 Å². The van der Waals surface area contributed by atoms with Crippen LogP contribution in [-0.4, -0.2) is 61.4 Å². The van der Waals surface area contributed by atoms with Crippen molar-refractivity contribution in [2.24, 2.45) is 0 Å². The first-order valence-electron chi connectivity index (χ1n) is 8.87. The molecule has 2 amide bonds. The van der Waals surface area contributed by atoms with Crippen LogP contribution in [0, 0.1) is 11.6 Å². The fraction of sp³-hybridized carbons (Fsp3) is 0.300. The van der Waals surface area contributed by atoms with Crippen molar-refractivity contribution in [2.45, 2.75) is 0 Å². The first kappa shape index (κ1) is 19.8. The van der Waals surface area contributed by atoms with Crippen LogP contribution in [0.15, 0.2) is 42.5 Å². The lowest BCUT2D eigenvalue weighted by atomic mass is 10.1. The Kier molecular flexibility index (Phi) is 6.20. The summed E-state index contributed by atoms with van der Waals surface area (Å²) in [5.74, 6) is -1.42. The normalized spacial score (nSPS) is 14.6. The van der Waals surface area contributed by atoms with E-state index in [9.17, 15) is 18.4 Å². The lowest BCUT2D eigenvalue weighted by Gasteiger charge is -2.34. The molecule has 1 saturated heterocycles. The van der Waals surface area contributed by atoms with Crippen molar-refractivity contribution < 1.29 is 23.1 Å². The molecule has 148 valence electrons. The molecule has 8 heteroatoms. The Balaban J connectivity index is 1.50. The zero-order valence-electron chi connectivity index (χ0n) is 15.5. The molecule has 0 atom stereocenters. The molecule has 1 aliphatic heterocycles. The van der Waals surface area contributed by atoms with Gasteiger partial charge in [-0.3, -0.25) is 14.5 Å². The predicted molar refractivity (Wildman–Crippen MR) is 100 cm³/mol. The van der Waals surface area contributed by atoms with Gasteiger partial charge in [0, 0.05) is 37.4 Å². The molecule has 0 aliphatic carbocycles. The summed E-state index contributed by atoms with van der Waals surface area (Å²) in [5, 5.41) is 2.65. The van der Waals surface area contributed by atoms with E-state index in [1.807, 2.05) is 4.90 Å². The Morgan fingerprint density at radius 2 is 1.82 bits per heavy atom. The van der Waals surface area contributed by atoms with E-state index < -0.39 is 11.6 Å². The average molecular weight is 389 g/mol. The van der Waals surface area contributed by atoms with Crippen LogP contribution >= 0.6 is 0 Å². The molecule has 2 aromatic rings. The van der Waals surface area contributed by atoms with E-state index in [4.69, 9.17) is 4.74 Å². The van der Waals surface area contributed by atoms with E-state index in [0.717, 1.165) is 0 Å². The van der Waals surface area contributed by atoms with E-state index >= 15 is 0 Å². The molecule has 0 bridgehead atoms. The van der Waals surface area contributed by atoms with Crippen molar-refractivity contribution in [3.63, 3.8) is 0 Å². The van der Waals surface area contributed by atoms with Crippen LogP contribution < -0.4 is 10.1 Å². The summed E-state index contributed by atoms with van der Waals surface area (Å²) < 4.78 is 31.8. The van der Waals surface area contributed by atoms with Gasteiger partial charge in [0.2, 0.25) is 5.91 Å². The molecule has 1 aliphatic rings. The molecular weight excluding hydrogens is 368 g/mol. The topological polar surface area (TPSA) is 61.9 Å². The smallest absolute Gasteiger partial charge is 0.254 e. The molecular formula is C20H21F2N3O3. The van der Waals surface area contributed by atoms with Gasteiger partial charge in [0.25, 0.3) is 5.91 Å². The number of anilines is 1. The van der Waals surface area contributed by atoms with Crippen molar-refractivity contribution in [3.05, 3.63) is 59.7 Å². The fourth-order valence-corrected chi connectivity index (χ4v) is 3.06. The second kappa shape index (κ2) is 8.79. The molecule has 0 saturated carbocycles. The van der Waals surface area contributed by atoms with Crippen LogP contribution in [-0.2, 0) is 4.79 Å². The van der Waals surface area contributed by atoms with Gasteiger partial charge in [-0.1, -0.05) is 6.07 Å². The van der Waals surface area contributed by atoms with Crippen LogP contribution in [0.1, 0.15) is 10.4 Å². The van der Waals surface area contributed by atoms with Crippen molar-refractivity contribution in [2.75, 3.05) is 45.2 Å². The number of hydrogen-bond acceptors (Lipinski definition) is 4. The summed E-state index contributed by atoms with van der Waals surface area (Å²) >= 11 is 0. The minimum Gasteiger partial charge on any atom is -0.494 e. The first-order valence-corrected chi connectivity index (χ1v) is 8.87. The summed E-state index contributed by atoms with van der Waals surface area (Å²) in [7, 11) is 1.36. The molecule has 1 N–H and O–H groups in total. The van der Waals surface area contributed by atoms with E-state index in [1.165, 1.54) is 43.5 Å². The lowest BCUT2D eigenvalue weighted by Crippen LogP contribution is -2.50. The second-order valence-corrected chi connectivity index (χ2v) is 6.48. The number of carbonyl (C=O) groups is 2. The zero-order chi connectivity index (χ0) is 20.1. The summed E-state index contributed by atoms with van der Waals surface area (Å²) in [4.78, 5) is 28.2. The lowest BCUT2D eigenvalue weighted by molar-refractivity contribution is -0.117. The molecule has 1 fully saturated rings. The van der Waals surface area contributed by atoms with Gasteiger partial charge in [-0.15, -0.1) is 0 Å². The van der Waals surface area contributed by atoms with Crippen molar-refractivity contribution in [3.8, 4) is 5.75 Å². The summed E-state index contributed by atoms with van der Waals surface area (Å²) in [5.41, 5.74) is 0.663. The largest absolute Gasteiger partial charge is 0.494 e. The highest BCUT2D eigenvalue weighted by atomic mass is 19.1. The van der Waals surface area contributed by atoms with Crippen LogP contribution in [0.3, 0.4) is 0 Å². The van der Waals surface area contributed by atoms with Gasteiger partial charge in [0.15, 0.2) is 11.6 Å². The molecule has 3 rings (SSSR count). The first-order chi connectivity index (χ1) is 13.5. The molecule has 0 spiro atoms. The van der Waals surface area contributed by atoms with E-state index in [-0.39, 0.29) is 29.7 Å². The number of piperazine rings is 1. The van der Waals surface area contributed by atoms with Gasteiger partial charge in [0.05, 0.1) is 13.7 Å². The Labute approximate surface area is 161 Å². The Bertz CT molecular complexity index is 868. The average Bonchev–Trinajstić information content (AvgIpc) is 2.68. The number of hydrogen-bond donors (Lipinski definition) is 1. The monoisotopic (exact) mass is 389 g/mol.